The molecule has 0 aliphatic carbocycles. The Bertz CT molecular complexity index is 857. The summed E-state index contributed by atoms with van der Waals surface area (Å²) >= 11 is 0. The van der Waals surface area contributed by atoms with E-state index in [9.17, 15) is 9.18 Å². The number of methoxy groups -OCH3 is 1. The molecule has 0 saturated heterocycles. The molecule has 0 unspecified atom stereocenters. The van der Waals surface area contributed by atoms with Crippen molar-refractivity contribution < 1.29 is 13.9 Å². The van der Waals surface area contributed by atoms with E-state index in [4.69, 9.17) is 4.74 Å². The van der Waals surface area contributed by atoms with E-state index in [0.29, 0.717) is 11.4 Å². The fourth-order valence-electron chi connectivity index (χ4n) is 2.46. The summed E-state index contributed by atoms with van der Waals surface area (Å²) in [6, 6.07) is 14.9. The summed E-state index contributed by atoms with van der Waals surface area (Å²) in [6.07, 6.45) is 0. The van der Waals surface area contributed by atoms with Gasteiger partial charge in [0.15, 0.2) is 0 Å². The van der Waals surface area contributed by atoms with E-state index < -0.39 is 0 Å². The van der Waals surface area contributed by atoms with Crippen molar-refractivity contribution in [2.75, 3.05) is 7.11 Å². The molecule has 0 fully saturated rings. The minimum Gasteiger partial charge on any atom is -0.497 e. The Morgan fingerprint density at radius 3 is 2.48 bits per heavy atom. The summed E-state index contributed by atoms with van der Waals surface area (Å²) in [5.41, 5.74) is 2.63. The molecule has 0 spiro atoms. The molecule has 0 bridgehead atoms. The second kappa shape index (κ2) is 7.17. The van der Waals surface area contributed by atoms with Crippen molar-refractivity contribution in [3.63, 3.8) is 0 Å². The predicted molar refractivity (Wildman–Crippen MR) is 92.9 cm³/mol. The molecule has 2 N–H and O–H groups in total. The predicted octanol–water partition coefficient (Wildman–Crippen LogP) is 3.72. The number of hydrogen-bond acceptors (Lipinski definition) is 3. The molecule has 0 saturated carbocycles. The van der Waals surface area contributed by atoms with Crippen LogP contribution in [0.5, 0.6) is 5.75 Å². The van der Waals surface area contributed by atoms with Crippen molar-refractivity contribution in [3.8, 4) is 17.0 Å². The molecule has 5 nitrogen and oxygen atoms in total. The van der Waals surface area contributed by atoms with Crippen LogP contribution in [-0.2, 0) is 0 Å². The normalized spacial score (nSPS) is 11.8. The molecule has 2 aromatic carbocycles. The Morgan fingerprint density at radius 1 is 1.16 bits per heavy atom. The van der Waals surface area contributed by atoms with Crippen LogP contribution in [0.2, 0.25) is 0 Å². The topological polar surface area (TPSA) is 67.0 Å². The third-order valence-corrected chi connectivity index (χ3v) is 3.93. The number of amides is 1. The molecule has 0 aliphatic rings. The van der Waals surface area contributed by atoms with E-state index >= 15 is 0 Å². The maximum absolute atomic E-state index is 13.0. The van der Waals surface area contributed by atoms with E-state index in [1.165, 1.54) is 12.1 Å². The van der Waals surface area contributed by atoms with Gasteiger partial charge in [-0.3, -0.25) is 9.89 Å². The van der Waals surface area contributed by atoms with Gasteiger partial charge in [0, 0.05) is 5.56 Å². The maximum atomic E-state index is 13.0. The molecule has 1 heterocycles. The first kappa shape index (κ1) is 16.7. The van der Waals surface area contributed by atoms with Crippen molar-refractivity contribution in [2.24, 2.45) is 0 Å². The largest absolute Gasteiger partial charge is 0.497 e. The van der Waals surface area contributed by atoms with E-state index in [1.54, 1.807) is 25.3 Å². The van der Waals surface area contributed by atoms with Gasteiger partial charge < -0.3 is 10.1 Å². The van der Waals surface area contributed by atoms with Crippen LogP contribution in [-0.4, -0.2) is 23.2 Å². The maximum Gasteiger partial charge on any atom is 0.269 e. The van der Waals surface area contributed by atoms with E-state index in [1.807, 2.05) is 31.2 Å². The van der Waals surface area contributed by atoms with Gasteiger partial charge in [-0.1, -0.05) is 12.1 Å². The minimum atomic E-state index is -0.314. The fourth-order valence-corrected chi connectivity index (χ4v) is 2.46. The number of nitrogens with zero attached hydrogens (tertiary/aromatic N) is 1. The first-order valence-electron chi connectivity index (χ1n) is 7.83. The van der Waals surface area contributed by atoms with Crippen molar-refractivity contribution in [3.05, 3.63) is 71.7 Å². The number of rotatable bonds is 5. The van der Waals surface area contributed by atoms with Crippen LogP contribution < -0.4 is 10.1 Å². The molecule has 0 aliphatic heterocycles. The number of ether oxygens (including phenoxy) is 1. The van der Waals surface area contributed by atoms with Gasteiger partial charge in [0.1, 0.15) is 17.3 Å². The molecular formula is C19H18FN3O2. The lowest BCUT2D eigenvalue weighted by atomic mass is 10.1. The lowest BCUT2D eigenvalue weighted by molar-refractivity contribution is 0.0935. The summed E-state index contributed by atoms with van der Waals surface area (Å²) < 4.78 is 18.1. The van der Waals surface area contributed by atoms with Crippen LogP contribution >= 0.6 is 0 Å². The van der Waals surface area contributed by atoms with Crippen molar-refractivity contribution in [1.82, 2.24) is 15.5 Å². The molecule has 6 heteroatoms. The molecule has 128 valence electrons. The van der Waals surface area contributed by atoms with Gasteiger partial charge >= 0.3 is 0 Å². The number of aromatic amines is 1. The monoisotopic (exact) mass is 339 g/mol. The molecule has 3 rings (SSSR count). The molecular weight excluding hydrogens is 321 g/mol. The van der Waals surface area contributed by atoms with Crippen LogP contribution in [0.15, 0.2) is 54.6 Å². The zero-order valence-corrected chi connectivity index (χ0v) is 13.9. The summed E-state index contributed by atoms with van der Waals surface area (Å²) in [7, 11) is 1.61. The van der Waals surface area contributed by atoms with Gasteiger partial charge in [-0.05, 0) is 55.0 Å². The number of hydrogen-bond donors (Lipinski definition) is 2. The zero-order valence-electron chi connectivity index (χ0n) is 13.9. The molecule has 0 radical (unpaired) electrons. The van der Waals surface area contributed by atoms with Gasteiger partial charge in [0.2, 0.25) is 0 Å². The van der Waals surface area contributed by atoms with Crippen molar-refractivity contribution in [1.29, 1.82) is 0 Å². The molecule has 1 aromatic heterocycles. The number of H-pyrrole nitrogens is 1. The van der Waals surface area contributed by atoms with Gasteiger partial charge in [0.05, 0.1) is 18.8 Å². The number of nitrogens with one attached hydrogen (secondary N) is 2. The summed E-state index contributed by atoms with van der Waals surface area (Å²) in [5, 5.41) is 9.75. The highest BCUT2D eigenvalue weighted by molar-refractivity contribution is 5.93. The number of carbonyl (C=O) groups is 1. The van der Waals surface area contributed by atoms with Gasteiger partial charge in [-0.2, -0.15) is 5.10 Å². The zero-order chi connectivity index (χ0) is 17.8. The quantitative estimate of drug-likeness (QED) is 0.744. The van der Waals surface area contributed by atoms with Gasteiger partial charge in [-0.15, -0.1) is 0 Å². The Balaban J connectivity index is 1.69. The SMILES string of the molecule is COc1ccc([C@@H](C)NC(=O)c2cc(-c3ccc(F)cc3)n[nH]2)cc1. The molecule has 1 amide bonds. The summed E-state index contributed by atoms with van der Waals surface area (Å²) in [4.78, 5) is 12.4. The van der Waals surface area contributed by atoms with Crippen LogP contribution in [0.1, 0.15) is 29.0 Å². The summed E-state index contributed by atoms with van der Waals surface area (Å²) in [5.74, 6) is 0.189. The average molecular weight is 339 g/mol. The third kappa shape index (κ3) is 3.85. The number of benzene rings is 2. The number of carbonyl (C=O) groups excluding carboxylic acids is 1. The van der Waals surface area contributed by atoms with E-state index in [-0.39, 0.29) is 17.8 Å². The smallest absolute Gasteiger partial charge is 0.269 e. The Hall–Kier alpha value is -3.15. The highest BCUT2D eigenvalue weighted by atomic mass is 19.1. The Morgan fingerprint density at radius 2 is 1.84 bits per heavy atom. The van der Waals surface area contributed by atoms with Crippen LogP contribution in [0, 0.1) is 5.82 Å². The number of aromatic nitrogens is 2. The van der Waals surface area contributed by atoms with E-state index in [0.717, 1.165) is 16.9 Å². The molecule has 25 heavy (non-hydrogen) atoms. The fraction of sp³-hybridized carbons (Fsp3) is 0.158. The average Bonchev–Trinajstić information content (AvgIpc) is 3.12. The van der Waals surface area contributed by atoms with E-state index in [2.05, 4.69) is 15.5 Å². The van der Waals surface area contributed by atoms with Gasteiger partial charge in [0.25, 0.3) is 5.91 Å². The first-order chi connectivity index (χ1) is 12.1. The lowest BCUT2D eigenvalue weighted by Gasteiger charge is -2.14. The Labute approximate surface area is 144 Å². The lowest BCUT2D eigenvalue weighted by Crippen LogP contribution is -2.26. The van der Waals surface area contributed by atoms with Crippen molar-refractivity contribution in [2.45, 2.75) is 13.0 Å². The van der Waals surface area contributed by atoms with Crippen LogP contribution in [0.25, 0.3) is 11.3 Å². The highest BCUT2D eigenvalue weighted by Crippen LogP contribution is 2.20. The van der Waals surface area contributed by atoms with Crippen LogP contribution in [0.4, 0.5) is 4.39 Å². The summed E-state index contributed by atoms with van der Waals surface area (Å²) in [6.45, 7) is 1.90. The molecule has 3 aromatic rings. The van der Waals surface area contributed by atoms with Crippen molar-refractivity contribution >= 4 is 5.91 Å². The minimum absolute atomic E-state index is 0.170. The van der Waals surface area contributed by atoms with Gasteiger partial charge in [-0.25, -0.2) is 4.39 Å². The first-order valence-corrected chi connectivity index (χ1v) is 7.83. The van der Waals surface area contributed by atoms with Crippen LogP contribution in [0.3, 0.4) is 0 Å². The second-order valence-corrected chi connectivity index (χ2v) is 5.64. The Kier molecular flexibility index (Phi) is 4.79. The highest BCUT2D eigenvalue weighted by Gasteiger charge is 2.14. The molecule has 1 atom stereocenters. The third-order valence-electron chi connectivity index (χ3n) is 3.93. The standard InChI is InChI=1S/C19H18FN3O2/c1-12(13-5-9-16(25-2)10-6-13)21-19(24)18-11-17(22-23-18)14-3-7-15(20)8-4-14/h3-12H,1-2H3,(H,21,24)(H,22,23)/t12-/m1/s1. The number of halogens is 1. The second-order valence-electron chi connectivity index (χ2n) is 5.64.